The highest BCUT2D eigenvalue weighted by Gasteiger charge is 2.36. The molecule has 1 aromatic rings. The van der Waals surface area contributed by atoms with Crippen LogP contribution in [0, 0.1) is 5.41 Å². The van der Waals surface area contributed by atoms with Gasteiger partial charge in [0.15, 0.2) is 0 Å². The first kappa shape index (κ1) is 13.4. The van der Waals surface area contributed by atoms with Gasteiger partial charge in [-0.25, -0.2) is 4.98 Å². The Morgan fingerprint density at radius 1 is 1.15 bits per heavy atom. The van der Waals surface area contributed by atoms with E-state index in [-0.39, 0.29) is 5.91 Å². The second kappa shape index (κ2) is 5.43. The number of amides is 1. The average molecular weight is 273 g/mol. The second-order valence-electron chi connectivity index (χ2n) is 6.29. The fraction of sp³-hybridized carbons (Fsp3) is 0.625. The summed E-state index contributed by atoms with van der Waals surface area (Å²) in [6.07, 6.45) is 10.7. The maximum Gasteiger partial charge on any atom is 0.257 e. The molecule has 108 valence electrons. The third-order valence-corrected chi connectivity index (χ3v) is 5.09. The Morgan fingerprint density at radius 3 is 2.50 bits per heavy atom. The minimum Gasteiger partial charge on any atom is -0.383 e. The molecule has 1 saturated carbocycles. The minimum atomic E-state index is 0.0428. The topological polar surface area (TPSA) is 59.2 Å². The third-order valence-electron chi connectivity index (χ3n) is 5.09. The number of nitrogen functional groups attached to an aromatic ring is 1. The Bertz CT molecular complexity index is 484. The zero-order valence-corrected chi connectivity index (χ0v) is 12.0. The molecule has 0 aromatic carbocycles. The predicted octanol–water partition coefficient (Wildman–Crippen LogP) is 2.85. The van der Waals surface area contributed by atoms with Gasteiger partial charge in [-0.15, -0.1) is 0 Å². The monoisotopic (exact) mass is 273 g/mol. The van der Waals surface area contributed by atoms with Crippen molar-refractivity contribution in [2.45, 2.75) is 44.9 Å². The maximum atomic E-state index is 12.5. The van der Waals surface area contributed by atoms with E-state index >= 15 is 0 Å². The van der Waals surface area contributed by atoms with Crippen LogP contribution in [0.2, 0.25) is 0 Å². The number of aromatic nitrogens is 1. The number of piperidine rings is 1. The Balaban J connectivity index is 1.66. The Labute approximate surface area is 120 Å². The van der Waals surface area contributed by atoms with Gasteiger partial charge in [-0.1, -0.05) is 19.3 Å². The van der Waals surface area contributed by atoms with E-state index in [0.717, 1.165) is 25.9 Å². The van der Waals surface area contributed by atoms with Gasteiger partial charge in [-0.3, -0.25) is 4.79 Å². The molecule has 1 saturated heterocycles. The van der Waals surface area contributed by atoms with E-state index < -0.39 is 0 Å². The number of anilines is 1. The van der Waals surface area contributed by atoms with Crippen molar-refractivity contribution in [2.75, 3.05) is 18.8 Å². The molecule has 1 aromatic heterocycles. The molecule has 0 radical (unpaired) electrons. The van der Waals surface area contributed by atoms with E-state index in [2.05, 4.69) is 4.98 Å². The van der Waals surface area contributed by atoms with Gasteiger partial charge in [-0.05, 0) is 43.2 Å². The molecule has 4 heteroatoms. The molecule has 4 nitrogen and oxygen atoms in total. The van der Waals surface area contributed by atoms with E-state index in [1.165, 1.54) is 32.1 Å². The van der Waals surface area contributed by atoms with Crippen LogP contribution in [-0.2, 0) is 0 Å². The molecule has 0 unspecified atom stereocenters. The Hall–Kier alpha value is -1.58. The van der Waals surface area contributed by atoms with E-state index in [1.807, 2.05) is 4.90 Å². The quantitative estimate of drug-likeness (QED) is 0.856. The standard InChI is InChI=1S/C16H23N3O/c17-14-13(5-4-10-18-14)15(20)19-11-8-16(9-12-19)6-2-1-3-7-16/h4-5,10H,1-3,6-9,11-12H2,(H2,17,18). The molecule has 2 fully saturated rings. The second-order valence-corrected chi connectivity index (χ2v) is 6.29. The van der Waals surface area contributed by atoms with Crippen LogP contribution in [0.1, 0.15) is 55.3 Å². The number of hydrogen-bond donors (Lipinski definition) is 1. The molecule has 2 aliphatic rings. The van der Waals surface area contributed by atoms with E-state index in [0.29, 0.717) is 16.8 Å². The van der Waals surface area contributed by atoms with Gasteiger partial charge < -0.3 is 10.6 Å². The fourth-order valence-electron chi connectivity index (χ4n) is 3.75. The van der Waals surface area contributed by atoms with Gasteiger partial charge in [0, 0.05) is 19.3 Å². The summed E-state index contributed by atoms with van der Waals surface area (Å²) < 4.78 is 0. The van der Waals surface area contributed by atoms with Crippen molar-refractivity contribution in [3.63, 3.8) is 0 Å². The summed E-state index contributed by atoms with van der Waals surface area (Å²) in [6, 6.07) is 3.55. The van der Waals surface area contributed by atoms with Crippen LogP contribution in [0.3, 0.4) is 0 Å². The molecule has 1 aliphatic carbocycles. The number of likely N-dealkylation sites (tertiary alicyclic amines) is 1. The lowest BCUT2D eigenvalue weighted by molar-refractivity contribution is 0.0472. The largest absolute Gasteiger partial charge is 0.383 e. The van der Waals surface area contributed by atoms with Gasteiger partial charge in [-0.2, -0.15) is 0 Å². The highest BCUT2D eigenvalue weighted by atomic mass is 16.2. The lowest BCUT2D eigenvalue weighted by atomic mass is 9.68. The highest BCUT2D eigenvalue weighted by Crippen LogP contribution is 2.44. The molecule has 1 amide bonds. The summed E-state index contributed by atoms with van der Waals surface area (Å²) in [5.41, 5.74) is 6.88. The maximum absolute atomic E-state index is 12.5. The van der Waals surface area contributed by atoms with Gasteiger partial charge in [0.1, 0.15) is 5.82 Å². The van der Waals surface area contributed by atoms with E-state index in [1.54, 1.807) is 18.3 Å². The molecule has 0 atom stereocenters. The summed E-state index contributed by atoms with van der Waals surface area (Å²) >= 11 is 0. The molecule has 1 aliphatic heterocycles. The number of pyridine rings is 1. The smallest absolute Gasteiger partial charge is 0.257 e. The average Bonchev–Trinajstić information content (AvgIpc) is 2.49. The van der Waals surface area contributed by atoms with Crippen LogP contribution in [0.4, 0.5) is 5.82 Å². The number of rotatable bonds is 1. The van der Waals surface area contributed by atoms with Crippen molar-refractivity contribution < 1.29 is 4.79 Å². The van der Waals surface area contributed by atoms with Crippen LogP contribution in [0.15, 0.2) is 18.3 Å². The summed E-state index contributed by atoms with van der Waals surface area (Å²) in [7, 11) is 0. The van der Waals surface area contributed by atoms with Gasteiger partial charge in [0.05, 0.1) is 5.56 Å². The third kappa shape index (κ3) is 2.51. The number of carbonyl (C=O) groups is 1. The van der Waals surface area contributed by atoms with Crippen molar-refractivity contribution in [1.29, 1.82) is 0 Å². The van der Waals surface area contributed by atoms with Gasteiger partial charge >= 0.3 is 0 Å². The lowest BCUT2D eigenvalue weighted by Gasteiger charge is -2.44. The minimum absolute atomic E-state index is 0.0428. The number of nitrogens with two attached hydrogens (primary N) is 1. The molecule has 3 rings (SSSR count). The number of nitrogens with zero attached hydrogens (tertiary/aromatic N) is 2. The van der Waals surface area contributed by atoms with Crippen LogP contribution < -0.4 is 5.73 Å². The van der Waals surface area contributed by atoms with Gasteiger partial charge in [0.2, 0.25) is 0 Å². The van der Waals surface area contributed by atoms with Crippen molar-refractivity contribution in [3.05, 3.63) is 23.9 Å². The van der Waals surface area contributed by atoms with Crippen LogP contribution >= 0.6 is 0 Å². The summed E-state index contributed by atoms with van der Waals surface area (Å²) in [5.74, 6) is 0.386. The Morgan fingerprint density at radius 2 is 1.85 bits per heavy atom. The van der Waals surface area contributed by atoms with Crippen LogP contribution in [0.5, 0.6) is 0 Å². The van der Waals surface area contributed by atoms with Crippen molar-refractivity contribution >= 4 is 11.7 Å². The fourth-order valence-corrected chi connectivity index (χ4v) is 3.75. The van der Waals surface area contributed by atoms with Crippen molar-refractivity contribution in [2.24, 2.45) is 5.41 Å². The normalized spacial score (nSPS) is 21.9. The van der Waals surface area contributed by atoms with Crippen LogP contribution in [0.25, 0.3) is 0 Å². The van der Waals surface area contributed by atoms with Crippen molar-refractivity contribution in [1.82, 2.24) is 9.88 Å². The SMILES string of the molecule is Nc1ncccc1C(=O)N1CCC2(CCCCC2)CC1. The highest BCUT2D eigenvalue weighted by molar-refractivity contribution is 5.98. The molecule has 0 bridgehead atoms. The predicted molar refractivity (Wildman–Crippen MR) is 79.3 cm³/mol. The molecule has 1 spiro atoms. The molecule has 2 N–H and O–H groups in total. The Kier molecular flexibility index (Phi) is 3.64. The summed E-state index contributed by atoms with van der Waals surface area (Å²) in [4.78, 5) is 18.5. The molecule has 20 heavy (non-hydrogen) atoms. The van der Waals surface area contributed by atoms with Crippen molar-refractivity contribution in [3.8, 4) is 0 Å². The van der Waals surface area contributed by atoms with E-state index in [4.69, 9.17) is 5.73 Å². The number of hydrogen-bond acceptors (Lipinski definition) is 3. The molecular weight excluding hydrogens is 250 g/mol. The van der Waals surface area contributed by atoms with Gasteiger partial charge in [0.25, 0.3) is 5.91 Å². The first-order valence-corrected chi connectivity index (χ1v) is 7.70. The molecule has 2 heterocycles. The first-order valence-electron chi connectivity index (χ1n) is 7.70. The lowest BCUT2D eigenvalue weighted by Crippen LogP contribution is -2.44. The zero-order valence-electron chi connectivity index (χ0n) is 12.0. The zero-order chi connectivity index (χ0) is 14.0. The number of carbonyl (C=O) groups excluding carboxylic acids is 1. The molecular formula is C16H23N3O. The summed E-state index contributed by atoms with van der Waals surface area (Å²) in [6.45, 7) is 1.74. The summed E-state index contributed by atoms with van der Waals surface area (Å²) in [5, 5.41) is 0. The first-order chi connectivity index (χ1) is 9.70. The van der Waals surface area contributed by atoms with E-state index in [9.17, 15) is 4.79 Å². The van der Waals surface area contributed by atoms with Crippen LogP contribution in [-0.4, -0.2) is 28.9 Å².